The zero-order chi connectivity index (χ0) is 25.6. The number of nitrogens with one attached hydrogen (secondary N) is 6. The summed E-state index contributed by atoms with van der Waals surface area (Å²) in [6.45, 7) is 2.25. The van der Waals surface area contributed by atoms with Crippen LogP contribution in [0.3, 0.4) is 0 Å². The number of carbonyl (C=O) groups excluding carboxylic acids is 1. The van der Waals surface area contributed by atoms with Crippen molar-refractivity contribution in [1.29, 1.82) is 0 Å². The number of nitrogens with zero attached hydrogens (tertiary/aromatic N) is 1. The number of sulfonamides is 1. The monoisotopic (exact) mass is 515 g/mol. The van der Waals surface area contributed by atoms with Crippen molar-refractivity contribution in [2.24, 2.45) is 0 Å². The van der Waals surface area contributed by atoms with Crippen LogP contribution in [-0.2, 0) is 14.8 Å². The van der Waals surface area contributed by atoms with Gasteiger partial charge in [0.1, 0.15) is 6.29 Å². The molecular weight excluding hydrogens is 486 g/mol. The summed E-state index contributed by atoms with van der Waals surface area (Å²) in [5.41, 5.74) is -1.71. The van der Waals surface area contributed by atoms with E-state index in [1.807, 2.05) is 0 Å². The van der Waals surface area contributed by atoms with Crippen molar-refractivity contribution in [2.45, 2.75) is 36.1 Å². The SMILES string of the molecule is O=C(NC(CCCCNC1NCCN1)(NS(=O)(=O)c1ccccc1)C(=O)O)c1cccc2cn[nH]c12. The van der Waals surface area contributed by atoms with E-state index < -0.39 is 27.6 Å². The Morgan fingerprint density at radius 1 is 1.06 bits per heavy atom. The molecule has 12 nitrogen and oxygen atoms in total. The molecular formula is C23H29N7O5S. The topological polar surface area (TPSA) is 177 Å². The standard InChI is InChI=1S/C23H29N7O5S/c31-20(18-10-6-7-16-15-27-29-19(16)18)28-23(21(32)33,11-4-5-12-24-22-25-13-14-26-22)30-36(34,35)17-8-2-1-3-9-17/h1-3,6-10,15,22,24-26,30H,4-5,11-14H2,(H,27,29)(H,28,31)(H,32,33). The molecule has 7 N–H and O–H groups in total. The maximum absolute atomic E-state index is 13.3. The predicted octanol–water partition coefficient (Wildman–Crippen LogP) is 0.288. The molecule has 192 valence electrons. The Kier molecular flexibility index (Phi) is 7.96. The lowest BCUT2D eigenvalue weighted by atomic mass is 10.0. The molecule has 4 rings (SSSR count). The van der Waals surface area contributed by atoms with Gasteiger partial charge in [0.05, 0.1) is 22.2 Å². The van der Waals surface area contributed by atoms with E-state index >= 15 is 0 Å². The Morgan fingerprint density at radius 2 is 1.81 bits per heavy atom. The van der Waals surface area contributed by atoms with Crippen LogP contribution < -0.4 is 26.0 Å². The summed E-state index contributed by atoms with van der Waals surface area (Å²) in [4.78, 5) is 25.8. The van der Waals surface area contributed by atoms with Crippen molar-refractivity contribution >= 4 is 32.8 Å². The van der Waals surface area contributed by atoms with Crippen molar-refractivity contribution in [3.63, 3.8) is 0 Å². The fourth-order valence-corrected chi connectivity index (χ4v) is 5.39. The minimum Gasteiger partial charge on any atom is -0.478 e. The molecule has 1 fully saturated rings. The molecule has 0 saturated carbocycles. The summed E-state index contributed by atoms with van der Waals surface area (Å²) in [5, 5.41) is 29.7. The number of aromatic nitrogens is 2. The highest BCUT2D eigenvalue weighted by Gasteiger charge is 2.44. The maximum Gasteiger partial charge on any atom is 0.345 e. The number of aliphatic carboxylic acids is 1. The predicted molar refractivity (Wildman–Crippen MR) is 132 cm³/mol. The summed E-state index contributed by atoms with van der Waals surface area (Å²) < 4.78 is 28.5. The van der Waals surface area contributed by atoms with E-state index in [1.54, 1.807) is 18.2 Å². The number of unbranched alkanes of at least 4 members (excludes halogenated alkanes) is 1. The second-order valence-corrected chi connectivity index (χ2v) is 10.2. The first-order chi connectivity index (χ1) is 17.3. The Labute approximate surface area is 208 Å². The Morgan fingerprint density at radius 3 is 2.53 bits per heavy atom. The van der Waals surface area contributed by atoms with Gasteiger partial charge in [0.15, 0.2) is 0 Å². The number of fused-ring (bicyclic) bond motifs is 1. The molecule has 0 bridgehead atoms. The van der Waals surface area contributed by atoms with Crippen molar-refractivity contribution in [3.8, 4) is 0 Å². The number of para-hydroxylation sites is 1. The van der Waals surface area contributed by atoms with Crippen LogP contribution in [0.25, 0.3) is 10.9 Å². The zero-order valence-electron chi connectivity index (χ0n) is 19.5. The summed E-state index contributed by atoms with van der Waals surface area (Å²) in [6.07, 6.45) is 2.20. The number of carboxylic acid groups (broad SMARTS) is 1. The van der Waals surface area contributed by atoms with Gasteiger partial charge >= 0.3 is 5.97 Å². The molecule has 1 aliphatic rings. The van der Waals surface area contributed by atoms with Gasteiger partial charge in [-0.2, -0.15) is 9.82 Å². The number of hydrogen-bond acceptors (Lipinski definition) is 8. The van der Waals surface area contributed by atoms with Gasteiger partial charge in [-0.05, 0) is 44.0 Å². The second kappa shape index (κ2) is 11.1. The van der Waals surface area contributed by atoms with Gasteiger partial charge in [0.25, 0.3) is 5.91 Å². The van der Waals surface area contributed by atoms with Crippen LogP contribution in [0.2, 0.25) is 0 Å². The third-order valence-corrected chi connectivity index (χ3v) is 7.43. The first-order valence-corrected chi connectivity index (χ1v) is 13.1. The van der Waals surface area contributed by atoms with E-state index in [-0.39, 0.29) is 23.2 Å². The summed E-state index contributed by atoms with van der Waals surface area (Å²) in [5.74, 6) is -2.26. The number of rotatable bonds is 12. The van der Waals surface area contributed by atoms with Gasteiger partial charge in [0, 0.05) is 18.5 Å². The third kappa shape index (κ3) is 5.88. The van der Waals surface area contributed by atoms with Crippen LogP contribution in [0, 0.1) is 0 Å². The fraction of sp³-hybridized carbons (Fsp3) is 0.348. The smallest absolute Gasteiger partial charge is 0.345 e. The van der Waals surface area contributed by atoms with E-state index in [9.17, 15) is 23.1 Å². The molecule has 1 aromatic heterocycles. The third-order valence-electron chi connectivity index (χ3n) is 5.92. The second-order valence-electron chi connectivity index (χ2n) is 8.48. The first-order valence-electron chi connectivity index (χ1n) is 11.6. The number of H-pyrrole nitrogens is 1. The Hall–Kier alpha value is -3.36. The number of benzene rings is 2. The highest BCUT2D eigenvalue weighted by Crippen LogP contribution is 2.21. The van der Waals surface area contributed by atoms with E-state index in [0.717, 1.165) is 13.1 Å². The van der Waals surface area contributed by atoms with E-state index in [4.69, 9.17) is 0 Å². The van der Waals surface area contributed by atoms with Gasteiger partial charge in [-0.15, -0.1) is 0 Å². The van der Waals surface area contributed by atoms with E-state index in [0.29, 0.717) is 30.3 Å². The van der Waals surface area contributed by atoms with E-state index in [1.165, 1.54) is 36.5 Å². The zero-order valence-corrected chi connectivity index (χ0v) is 20.3. The molecule has 3 aromatic rings. The maximum atomic E-state index is 13.3. The highest BCUT2D eigenvalue weighted by atomic mass is 32.2. The van der Waals surface area contributed by atoms with Crippen LogP contribution in [0.5, 0.6) is 0 Å². The lowest BCUT2D eigenvalue weighted by molar-refractivity contribution is -0.145. The lowest BCUT2D eigenvalue weighted by Crippen LogP contribution is -2.65. The lowest BCUT2D eigenvalue weighted by Gasteiger charge is -2.31. The summed E-state index contributed by atoms with van der Waals surface area (Å²) in [6, 6.07) is 12.3. The molecule has 1 aliphatic heterocycles. The summed E-state index contributed by atoms with van der Waals surface area (Å²) in [7, 11) is -4.28. The van der Waals surface area contributed by atoms with Gasteiger partial charge in [0.2, 0.25) is 15.7 Å². The minimum atomic E-state index is -4.28. The molecule has 2 heterocycles. The van der Waals surface area contributed by atoms with Gasteiger partial charge in [-0.3, -0.25) is 25.8 Å². The first kappa shape index (κ1) is 25.7. The number of amides is 1. The molecule has 13 heteroatoms. The molecule has 0 radical (unpaired) electrons. The quantitative estimate of drug-likeness (QED) is 0.132. The van der Waals surface area contributed by atoms with E-state index in [2.05, 4.69) is 36.2 Å². The van der Waals surface area contributed by atoms with Gasteiger partial charge in [-0.25, -0.2) is 13.2 Å². The molecule has 36 heavy (non-hydrogen) atoms. The Balaban J connectivity index is 1.57. The Bertz CT molecular complexity index is 1310. The normalized spacial score (nSPS) is 16.1. The molecule has 1 atom stereocenters. The molecule has 1 unspecified atom stereocenters. The van der Waals surface area contributed by atoms with Crippen LogP contribution in [0.15, 0.2) is 59.6 Å². The van der Waals surface area contributed by atoms with Crippen molar-refractivity contribution < 1.29 is 23.1 Å². The number of hydrogen-bond donors (Lipinski definition) is 7. The van der Waals surface area contributed by atoms with Crippen LogP contribution in [-0.4, -0.2) is 67.2 Å². The number of carboxylic acids is 1. The molecule has 2 aromatic carbocycles. The average Bonchev–Trinajstić information content (AvgIpc) is 3.56. The molecule has 0 spiro atoms. The molecule has 0 aliphatic carbocycles. The van der Waals surface area contributed by atoms with Gasteiger partial charge in [-0.1, -0.05) is 30.3 Å². The minimum absolute atomic E-state index is 0.0274. The highest BCUT2D eigenvalue weighted by molar-refractivity contribution is 7.89. The number of aromatic amines is 1. The fourth-order valence-electron chi connectivity index (χ4n) is 4.06. The van der Waals surface area contributed by atoms with Crippen LogP contribution >= 0.6 is 0 Å². The number of carbonyl (C=O) groups is 2. The molecule has 1 amide bonds. The van der Waals surface area contributed by atoms with Crippen LogP contribution in [0.4, 0.5) is 0 Å². The summed E-state index contributed by atoms with van der Waals surface area (Å²) >= 11 is 0. The largest absolute Gasteiger partial charge is 0.478 e. The molecule has 1 saturated heterocycles. The van der Waals surface area contributed by atoms with Crippen molar-refractivity contribution in [3.05, 3.63) is 60.3 Å². The van der Waals surface area contributed by atoms with Gasteiger partial charge < -0.3 is 10.4 Å². The van der Waals surface area contributed by atoms with Crippen molar-refractivity contribution in [2.75, 3.05) is 19.6 Å². The average molecular weight is 516 g/mol. The van der Waals surface area contributed by atoms with Crippen LogP contribution in [0.1, 0.15) is 29.6 Å². The van der Waals surface area contributed by atoms with Crippen molar-refractivity contribution in [1.82, 2.24) is 36.2 Å².